The van der Waals surface area contributed by atoms with E-state index in [9.17, 15) is 9.59 Å². The van der Waals surface area contributed by atoms with E-state index in [-0.39, 0.29) is 17.2 Å². The van der Waals surface area contributed by atoms with Gasteiger partial charge in [0.25, 0.3) is 5.56 Å². The summed E-state index contributed by atoms with van der Waals surface area (Å²) in [5, 5.41) is 4.72. The topological polar surface area (TPSA) is 64.0 Å². The Morgan fingerprint density at radius 3 is 2.89 bits per heavy atom. The summed E-state index contributed by atoms with van der Waals surface area (Å²) in [5.41, 5.74) is 1.80. The van der Waals surface area contributed by atoms with Gasteiger partial charge in [-0.15, -0.1) is 17.9 Å². The number of hydrogen-bond acceptors (Lipinski definition) is 5. The van der Waals surface area contributed by atoms with Gasteiger partial charge in [-0.3, -0.25) is 14.2 Å². The lowest BCUT2D eigenvalue weighted by atomic mass is 10.2. The number of benzene rings is 1. The van der Waals surface area contributed by atoms with Gasteiger partial charge in [0.2, 0.25) is 5.91 Å². The van der Waals surface area contributed by atoms with Gasteiger partial charge in [-0.25, -0.2) is 4.98 Å². The molecule has 0 atom stereocenters. The first kappa shape index (κ1) is 19.2. The van der Waals surface area contributed by atoms with Crippen LogP contribution >= 0.6 is 34.7 Å². The largest absolute Gasteiger partial charge is 0.325 e. The molecule has 0 aliphatic heterocycles. The van der Waals surface area contributed by atoms with Crippen molar-refractivity contribution in [2.45, 2.75) is 31.0 Å². The Balaban J connectivity index is 1.58. The number of rotatable bonds is 6. The number of nitrogens with one attached hydrogen (secondary N) is 1. The van der Waals surface area contributed by atoms with E-state index in [1.165, 1.54) is 16.6 Å². The van der Waals surface area contributed by atoms with Gasteiger partial charge in [-0.1, -0.05) is 29.4 Å². The Labute approximate surface area is 175 Å². The zero-order valence-electron chi connectivity index (χ0n) is 15.0. The van der Waals surface area contributed by atoms with Crippen LogP contribution in [0.3, 0.4) is 0 Å². The average molecular weight is 432 g/mol. The zero-order chi connectivity index (χ0) is 19.7. The Morgan fingerprint density at radius 1 is 1.36 bits per heavy atom. The molecule has 1 N–H and O–H groups in total. The Hall–Kier alpha value is -2.09. The Kier molecular flexibility index (Phi) is 5.57. The van der Waals surface area contributed by atoms with Crippen LogP contribution in [0.15, 0.2) is 46.9 Å². The molecule has 0 saturated carbocycles. The van der Waals surface area contributed by atoms with E-state index in [0.29, 0.717) is 22.4 Å². The first-order valence-electron chi connectivity index (χ1n) is 8.91. The van der Waals surface area contributed by atoms with Crippen molar-refractivity contribution in [1.29, 1.82) is 0 Å². The molecule has 0 bridgehead atoms. The quantitative estimate of drug-likeness (QED) is 0.354. The minimum absolute atomic E-state index is 0.0371. The Morgan fingerprint density at radius 2 is 2.14 bits per heavy atom. The molecule has 0 spiro atoms. The molecule has 144 valence electrons. The fourth-order valence-corrected chi connectivity index (χ4v) is 5.56. The van der Waals surface area contributed by atoms with Crippen molar-refractivity contribution in [3.63, 3.8) is 0 Å². The molecule has 4 rings (SSSR count). The van der Waals surface area contributed by atoms with E-state index in [2.05, 4.69) is 11.9 Å². The van der Waals surface area contributed by atoms with E-state index in [4.69, 9.17) is 16.6 Å². The van der Waals surface area contributed by atoms with E-state index < -0.39 is 0 Å². The SMILES string of the molecule is C=CCn1c(SCC(=O)Nc2ccc(Cl)cc2)nc2sc3c(c2c1=O)CCC3. The fraction of sp³-hybridized carbons (Fsp3) is 0.250. The number of aromatic nitrogens is 2. The first-order valence-corrected chi connectivity index (χ1v) is 11.1. The number of hydrogen-bond donors (Lipinski definition) is 1. The summed E-state index contributed by atoms with van der Waals surface area (Å²) in [6, 6.07) is 6.93. The van der Waals surface area contributed by atoms with E-state index >= 15 is 0 Å². The maximum atomic E-state index is 13.1. The third-order valence-electron chi connectivity index (χ3n) is 4.56. The lowest BCUT2D eigenvalue weighted by Crippen LogP contribution is -2.23. The minimum atomic E-state index is -0.166. The molecule has 8 heteroatoms. The third-order valence-corrected chi connectivity index (χ3v) is 6.98. The smallest absolute Gasteiger partial charge is 0.263 e. The normalized spacial score (nSPS) is 12.9. The number of carbonyl (C=O) groups is 1. The summed E-state index contributed by atoms with van der Waals surface area (Å²) in [6.07, 6.45) is 4.73. The summed E-state index contributed by atoms with van der Waals surface area (Å²) in [5.74, 6) is -0.0106. The highest BCUT2D eigenvalue weighted by Gasteiger charge is 2.23. The molecule has 1 aromatic carbocycles. The number of carbonyl (C=O) groups excluding carboxylic acids is 1. The molecule has 1 amide bonds. The Bertz CT molecular complexity index is 1120. The van der Waals surface area contributed by atoms with Crippen molar-refractivity contribution in [2.24, 2.45) is 0 Å². The highest BCUT2D eigenvalue weighted by molar-refractivity contribution is 7.99. The molecule has 3 aromatic rings. The van der Waals surface area contributed by atoms with E-state index in [0.717, 1.165) is 35.0 Å². The summed E-state index contributed by atoms with van der Waals surface area (Å²) >= 11 is 8.72. The van der Waals surface area contributed by atoms with Crippen LogP contribution in [0, 0.1) is 0 Å². The summed E-state index contributed by atoms with van der Waals surface area (Å²) < 4.78 is 1.61. The van der Waals surface area contributed by atoms with Crippen LogP contribution in [0.2, 0.25) is 5.02 Å². The number of anilines is 1. The van der Waals surface area contributed by atoms with Gasteiger partial charge >= 0.3 is 0 Å². The van der Waals surface area contributed by atoms with Gasteiger partial charge in [-0.2, -0.15) is 0 Å². The second-order valence-electron chi connectivity index (χ2n) is 6.48. The van der Waals surface area contributed by atoms with E-state index in [1.807, 2.05) is 0 Å². The molecular weight excluding hydrogens is 414 g/mol. The molecule has 5 nitrogen and oxygen atoms in total. The third kappa shape index (κ3) is 3.74. The number of nitrogens with zero attached hydrogens (tertiary/aromatic N) is 2. The minimum Gasteiger partial charge on any atom is -0.325 e. The molecule has 0 saturated heterocycles. The van der Waals surface area contributed by atoms with Gasteiger partial charge in [0.15, 0.2) is 5.16 Å². The van der Waals surface area contributed by atoms with Gasteiger partial charge in [-0.05, 0) is 49.1 Å². The fourth-order valence-electron chi connectivity index (χ4n) is 3.32. The van der Waals surface area contributed by atoms with Crippen LogP contribution in [0.1, 0.15) is 16.9 Å². The molecule has 1 aliphatic carbocycles. The zero-order valence-corrected chi connectivity index (χ0v) is 17.4. The van der Waals surface area contributed by atoms with Crippen molar-refractivity contribution < 1.29 is 4.79 Å². The lowest BCUT2D eigenvalue weighted by molar-refractivity contribution is -0.113. The van der Waals surface area contributed by atoms with E-state index in [1.54, 1.807) is 46.2 Å². The number of thioether (sulfide) groups is 1. The van der Waals surface area contributed by atoms with Crippen LogP contribution in [0.5, 0.6) is 0 Å². The predicted molar refractivity (Wildman–Crippen MR) is 117 cm³/mol. The summed E-state index contributed by atoms with van der Waals surface area (Å²) in [6.45, 7) is 4.12. The number of thiophene rings is 1. The van der Waals surface area contributed by atoms with Gasteiger partial charge in [0.05, 0.1) is 11.1 Å². The maximum absolute atomic E-state index is 13.1. The maximum Gasteiger partial charge on any atom is 0.263 e. The predicted octanol–water partition coefficient (Wildman–Crippen LogP) is 4.52. The van der Waals surface area contributed by atoms with Crippen molar-refractivity contribution in [3.05, 3.63) is 62.7 Å². The van der Waals surface area contributed by atoms with Crippen LogP contribution < -0.4 is 10.9 Å². The van der Waals surface area contributed by atoms with Crippen LogP contribution in [-0.2, 0) is 24.2 Å². The molecular formula is C20H18ClN3O2S2. The van der Waals surface area contributed by atoms with Gasteiger partial charge in [0, 0.05) is 22.1 Å². The summed E-state index contributed by atoms with van der Waals surface area (Å²) in [7, 11) is 0. The molecule has 0 fully saturated rings. The monoisotopic (exact) mass is 431 g/mol. The lowest BCUT2D eigenvalue weighted by Gasteiger charge is -2.11. The number of allylic oxidation sites excluding steroid dienone is 1. The molecule has 0 unspecified atom stereocenters. The summed E-state index contributed by atoms with van der Waals surface area (Å²) in [4.78, 5) is 32.1. The van der Waals surface area contributed by atoms with Gasteiger partial charge < -0.3 is 5.32 Å². The number of aryl methyl sites for hydroxylation is 2. The number of halogens is 1. The first-order chi connectivity index (χ1) is 13.6. The van der Waals surface area contributed by atoms with Crippen LogP contribution in [0.25, 0.3) is 10.2 Å². The molecule has 0 radical (unpaired) electrons. The van der Waals surface area contributed by atoms with Gasteiger partial charge in [0.1, 0.15) is 4.83 Å². The second kappa shape index (κ2) is 8.11. The van der Waals surface area contributed by atoms with Crippen molar-refractivity contribution in [3.8, 4) is 0 Å². The van der Waals surface area contributed by atoms with Crippen LogP contribution in [0.4, 0.5) is 5.69 Å². The molecule has 2 aromatic heterocycles. The molecule has 1 aliphatic rings. The van der Waals surface area contributed by atoms with Crippen molar-refractivity contribution >= 4 is 56.5 Å². The molecule has 28 heavy (non-hydrogen) atoms. The van der Waals surface area contributed by atoms with Crippen molar-refractivity contribution in [1.82, 2.24) is 9.55 Å². The highest BCUT2D eigenvalue weighted by Crippen LogP contribution is 2.35. The standard InChI is InChI=1S/C20H18ClN3O2S2/c1-2-10-24-19(26)17-14-4-3-5-15(14)28-18(17)23-20(24)27-11-16(25)22-13-8-6-12(21)7-9-13/h2,6-9H,1,3-5,10-11H2,(H,22,25). The number of amides is 1. The van der Waals surface area contributed by atoms with Crippen molar-refractivity contribution in [2.75, 3.05) is 11.1 Å². The van der Waals surface area contributed by atoms with Crippen LogP contribution in [-0.4, -0.2) is 21.2 Å². The average Bonchev–Trinajstić information content (AvgIpc) is 3.25. The second-order valence-corrected chi connectivity index (χ2v) is 8.94. The molecule has 2 heterocycles. The number of fused-ring (bicyclic) bond motifs is 3. The highest BCUT2D eigenvalue weighted by atomic mass is 35.5.